The number of carbonyl (C=O) groups excluding carboxylic acids is 1. The largest absolute Gasteiger partial charge is 0.492 e. The summed E-state index contributed by atoms with van der Waals surface area (Å²) < 4.78 is 6.84. The van der Waals surface area contributed by atoms with Crippen LogP contribution >= 0.6 is 15.9 Å². The van der Waals surface area contributed by atoms with Crippen molar-refractivity contribution in [3.63, 3.8) is 0 Å². The fourth-order valence-corrected chi connectivity index (χ4v) is 2.59. The Labute approximate surface area is 129 Å². The first-order chi connectivity index (χ1) is 9.31. The van der Waals surface area contributed by atoms with Crippen molar-refractivity contribution in [2.45, 2.75) is 32.7 Å². The van der Waals surface area contributed by atoms with E-state index in [0.717, 1.165) is 27.8 Å². The van der Waals surface area contributed by atoms with E-state index >= 15 is 0 Å². The van der Waals surface area contributed by atoms with Crippen LogP contribution in [0.4, 0.5) is 0 Å². The Morgan fingerprint density at radius 2 is 2.10 bits per heavy atom. The molecule has 4 nitrogen and oxygen atoms in total. The zero-order valence-corrected chi connectivity index (χ0v) is 14.2. The highest BCUT2D eigenvalue weighted by molar-refractivity contribution is 9.10. The molecule has 0 radical (unpaired) electrons. The lowest BCUT2D eigenvalue weighted by atomic mass is 10.0. The maximum Gasteiger partial charge on any atom is 0.225 e. The van der Waals surface area contributed by atoms with Crippen molar-refractivity contribution in [3.05, 3.63) is 27.7 Å². The summed E-state index contributed by atoms with van der Waals surface area (Å²) in [6.45, 7) is 4.35. The Balaban J connectivity index is 2.79. The first kappa shape index (κ1) is 17.0. The van der Waals surface area contributed by atoms with Crippen LogP contribution in [0.25, 0.3) is 0 Å². The van der Waals surface area contributed by atoms with Gasteiger partial charge in [0.05, 0.1) is 13.0 Å². The number of amides is 1. The van der Waals surface area contributed by atoms with Crippen LogP contribution < -0.4 is 10.5 Å². The second-order valence-corrected chi connectivity index (χ2v) is 6.19. The smallest absolute Gasteiger partial charge is 0.225 e. The molecule has 5 heteroatoms. The summed E-state index contributed by atoms with van der Waals surface area (Å²) in [5, 5.41) is 0. The lowest BCUT2D eigenvalue weighted by Crippen LogP contribution is -2.23. The summed E-state index contributed by atoms with van der Waals surface area (Å²) >= 11 is 3.49. The first-order valence-electron chi connectivity index (χ1n) is 6.68. The van der Waals surface area contributed by atoms with Gasteiger partial charge in [0.25, 0.3) is 0 Å². The van der Waals surface area contributed by atoms with Crippen molar-refractivity contribution < 1.29 is 9.53 Å². The van der Waals surface area contributed by atoms with E-state index in [-0.39, 0.29) is 11.9 Å². The van der Waals surface area contributed by atoms with Crippen molar-refractivity contribution in [1.82, 2.24) is 4.90 Å². The fraction of sp³-hybridized carbons (Fsp3) is 0.533. The number of ether oxygens (including phenoxy) is 1. The maximum absolute atomic E-state index is 11.6. The van der Waals surface area contributed by atoms with E-state index in [9.17, 15) is 4.79 Å². The zero-order valence-electron chi connectivity index (χ0n) is 12.6. The number of benzene rings is 1. The van der Waals surface area contributed by atoms with E-state index in [4.69, 9.17) is 10.5 Å². The number of hydrogen-bond donors (Lipinski definition) is 1. The molecule has 0 saturated carbocycles. The Morgan fingerprint density at radius 1 is 1.45 bits per heavy atom. The summed E-state index contributed by atoms with van der Waals surface area (Å²) in [4.78, 5) is 13.1. The van der Waals surface area contributed by atoms with Gasteiger partial charge in [-0.15, -0.1) is 0 Å². The molecule has 112 valence electrons. The van der Waals surface area contributed by atoms with Gasteiger partial charge < -0.3 is 15.4 Å². The van der Waals surface area contributed by atoms with Crippen molar-refractivity contribution in [2.75, 3.05) is 20.7 Å². The van der Waals surface area contributed by atoms with Crippen LogP contribution in [0.1, 0.15) is 24.5 Å². The molecule has 0 heterocycles. The minimum absolute atomic E-state index is 0.0634. The molecule has 0 aromatic heterocycles. The van der Waals surface area contributed by atoms with Crippen molar-refractivity contribution in [3.8, 4) is 5.75 Å². The molecule has 0 aliphatic carbocycles. The molecule has 0 fully saturated rings. The van der Waals surface area contributed by atoms with Crippen LogP contribution in [0.2, 0.25) is 0 Å². The standard InChI is InChI=1S/C15H23BrN2O2/c1-10-7-13(16)9-12(8-11(2)17)15(10)20-6-5-14(19)18(3)4/h7,9,11H,5-6,8,17H2,1-4H3. The average molecular weight is 343 g/mol. The topological polar surface area (TPSA) is 55.6 Å². The SMILES string of the molecule is Cc1cc(Br)cc(CC(C)N)c1OCCC(=O)N(C)C. The van der Waals surface area contributed by atoms with Crippen LogP contribution in [0.3, 0.4) is 0 Å². The summed E-state index contributed by atoms with van der Waals surface area (Å²) in [6.07, 6.45) is 1.12. The zero-order chi connectivity index (χ0) is 15.3. The van der Waals surface area contributed by atoms with Gasteiger partial charge in [0.2, 0.25) is 5.91 Å². The third kappa shape index (κ3) is 5.13. The Kier molecular flexibility index (Phi) is 6.49. The van der Waals surface area contributed by atoms with E-state index in [0.29, 0.717) is 13.0 Å². The quantitative estimate of drug-likeness (QED) is 0.864. The predicted molar refractivity (Wildman–Crippen MR) is 85.0 cm³/mol. The Hall–Kier alpha value is -1.07. The van der Waals surface area contributed by atoms with Gasteiger partial charge in [-0.3, -0.25) is 4.79 Å². The van der Waals surface area contributed by atoms with Crippen LogP contribution in [0.15, 0.2) is 16.6 Å². The van der Waals surface area contributed by atoms with Crippen molar-refractivity contribution in [1.29, 1.82) is 0 Å². The number of carbonyl (C=O) groups is 1. The Bertz CT molecular complexity index is 473. The molecule has 2 N–H and O–H groups in total. The molecule has 1 rings (SSSR count). The molecule has 1 aromatic carbocycles. The fourth-order valence-electron chi connectivity index (χ4n) is 1.97. The van der Waals surface area contributed by atoms with Gasteiger partial charge in [-0.1, -0.05) is 15.9 Å². The highest BCUT2D eigenvalue weighted by atomic mass is 79.9. The van der Waals surface area contributed by atoms with Crippen LogP contribution in [-0.4, -0.2) is 37.6 Å². The molecule has 1 aromatic rings. The molecular formula is C15H23BrN2O2. The number of rotatable bonds is 6. The number of hydrogen-bond acceptors (Lipinski definition) is 3. The van der Waals surface area contributed by atoms with Crippen LogP contribution in [0.5, 0.6) is 5.75 Å². The van der Waals surface area contributed by atoms with Crippen LogP contribution in [-0.2, 0) is 11.2 Å². The van der Waals surface area contributed by atoms with Gasteiger partial charge in [0.1, 0.15) is 5.75 Å². The molecular weight excluding hydrogens is 320 g/mol. The predicted octanol–water partition coefficient (Wildman–Crippen LogP) is 2.50. The molecule has 0 aliphatic rings. The molecule has 1 unspecified atom stereocenters. The minimum atomic E-state index is 0.0634. The molecule has 0 aliphatic heterocycles. The summed E-state index contributed by atoms with van der Waals surface area (Å²) in [5.41, 5.74) is 8.00. The van der Waals surface area contributed by atoms with E-state index in [1.54, 1.807) is 19.0 Å². The first-order valence-corrected chi connectivity index (χ1v) is 7.48. The second kappa shape index (κ2) is 7.64. The number of halogens is 1. The summed E-state index contributed by atoms with van der Waals surface area (Å²) in [5.74, 6) is 0.908. The van der Waals surface area contributed by atoms with Gasteiger partial charge >= 0.3 is 0 Å². The third-order valence-corrected chi connectivity index (χ3v) is 3.38. The highest BCUT2D eigenvalue weighted by Crippen LogP contribution is 2.29. The lowest BCUT2D eigenvalue weighted by Gasteiger charge is -2.17. The highest BCUT2D eigenvalue weighted by Gasteiger charge is 2.12. The van der Waals surface area contributed by atoms with Gasteiger partial charge in [0, 0.05) is 24.6 Å². The molecule has 0 saturated heterocycles. The van der Waals surface area contributed by atoms with E-state index in [1.807, 2.05) is 26.0 Å². The van der Waals surface area contributed by atoms with Crippen LogP contribution in [0, 0.1) is 6.92 Å². The Morgan fingerprint density at radius 3 is 2.65 bits per heavy atom. The minimum Gasteiger partial charge on any atom is -0.492 e. The summed E-state index contributed by atoms with van der Waals surface area (Å²) in [7, 11) is 3.49. The molecule has 1 atom stereocenters. The third-order valence-electron chi connectivity index (χ3n) is 2.92. The van der Waals surface area contributed by atoms with Gasteiger partial charge in [-0.25, -0.2) is 0 Å². The van der Waals surface area contributed by atoms with Crippen molar-refractivity contribution in [2.24, 2.45) is 5.73 Å². The normalized spacial score (nSPS) is 12.1. The monoisotopic (exact) mass is 342 g/mol. The van der Waals surface area contributed by atoms with Gasteiger partial charge in [0.15, 0.2) is 0 Å². The van der Waals surface area contributed by atoms with E-state index < -0.39 is 0 Å². The second-order valence-electron chi connectivity index (χ2n) is 5.28. The van der Waals surface area contributed by atoms with E-state index in [1.165, 1.54) is 0 Å². The molecule has 0 bridgehead atoms. The number of nitrogens with zero attached hydrogens (tertiary/aromatic N) is 1. The van der Waals surface area contributed by atoms with E-state index in [2.05, 4.69) is 15.9 Å². The molecule has 0 spiro atoms. The number of aryl methyl sites for hydroxylation is 1. The van der Waals surface area contributed by atoms with Gasteiger partial charge in [-0.2, -0.15) is 0 Å². The average Bonchev–Trinajstić information content (AvgIpc) is 2.31. The maximum atomic E-state index is 11.6. The van der Waals surface area contributed by atoms with Crippen molar-refractivity contribution >= 4 is 21.8 Å². The summed E-state index contributed by atoms with van der Waals surface area (Å²) in [6, 6.07) is 4.10. The van der Waals surface area contributed by atoms with Gasteiger partial charge in [-0.05, 0) is 43.5 Å². The lowest BCUT2D eigenvalue weighted by molar-refractivity contribution is -0.129. The molecule has 20 heavy (non-hydrogen) atoms. The number of nitrogens with two attached hydrogens (primary N) is 1. The molecule has 1 amide bonds.